The van der Waals surface area contributed by atoms with Crippen molar-refractivity contribution in [2.45, 2.75) is 17.7 Å². The van der Waals surface area contributed by atoms with Gasteiger partial charge in [-0.1, -0.05) is 6.07 Å². The second kappa shape index (κ2) is 9.25. The number of piperidine rings is 1. The lowest BCUT2D eigenvalue weighted by Gasteiger charge is -2.37. The molecule has 1 aromatic carbocycles. The molecule has 1 saturated heterocycles. The first-order valence-electron chi connectivity index (χ1n) is 7.72. The van der Waals surface area contributed by atoms with E-state index in [2.05, 4.69) is 10.0 Å². The summed E-state index contributed by atoms with van der Waals surface area (Å²) in [5.74, 6) is 0. The number of sulfonamides is 1. The van der Waals surface area contributed by atoms with Gasteiger partial charge in [0.1, 0.15) is 16.5 Å². The van der Waals surface area contributed by atoms with Crippen LogP contribution >= 0.6 is 12.4 Å². The van der Waals surface area contributed by atoms with Gasteiger partial charge < -0.3 is 10.1 Å². The molecule has 1 aliphatic heterocycles. The average molecular weight is 405 g/mol. The molecule has 0 aliphatic carbocycles. The smallest absolute Gasteiger partial charge is 0.288 e. The Kier molecular flexibility index (Phi) is 7.92. The van der Waals surface area contributed by atoms with Gasteiger partial charge in [-0.25, -0.2) is 13.1 Å². The molecule has 0 bridgehead atoms. The van der Waals surface area contributed by atoms with Crippen LogP contribution in [0.4, 0.5) is 5.69 Å². The Hall–Kier alpha value is -1.77. The molecule has 0 unspecified atom stereocenters. The van der Waals surface area contributed by atoms with E-state index in [1.807, 2.05) is 0 Å². The van der Waals surface area contributed by atoms with Crippen molar-refractivity contribution in [3.63, 3.8) is 0 Å². The fourth-order valence-electron chi connectivity index (χ4n) is 2.97. The SMILES string of the molecule is COCC1(CNS(=O)(=O)c2cccc([N+](=O)[O-])c2C#N)CCNCC1.Cl. The molecule has 2 N–H and O–H groups in total. The van der Waals surface area contributed by atoms with E-state index in [-0.39, 0.29) is 29.3 Å². The number of nitriles is 1. The number of rotatable bonds is 7. The summed E-state index contributed by atoms with van der Waals surface area (Å²) < 4.78 is 33.0. The Morgan fingerprint density at radius 1 is 1.42 bits per heavy atom. The topological polar surface area (TPSA) is 134 Å². The summed E-state index contributed by atoms with van der Waals surface area (Å²) >= 11 is 0. The van der Waals surface area contributed by atoms with Crippen LogP contribution in [-0.4, -0.2) is 46.7 Å². The van der Waals surface area contributed by atoms with E-state index >= 15 is 0 Å². The summed E-state index contributed by atoms with van der Waals surface area (Å²) in [4.78, 5) is 9.87. The van der Waals surface area contributed by atoms with Crippen LogP contribution in [0.25, 0.3) is 0 Å². The Balaban J connectivity index is 0.00000338. The molecule has 2 rings (SSSR count). The molecule has 0 atom stereocenters. The standard InChI is InChI=1S/C15H20N4O5S.ClH/c1-24-11-15(5-7-17-8-6-15)10-18-25(22,23)14-4-2-3-13(19(20)21)12(14)9-16;/h2-4,17-18H,5-8,10-11H2,1H3;1H. The van der Waals surface area contributed by atoms with Gasteiger partial charge in [-0.2, -0.15) is 5.26 Å². The van der Waals surface area contributed by atoms with Crippen molar-refractivity contribution in [1.29, 1.82) is 5.26 Å². The zero-order valence-electron chi connectivity index (χ0n) is 14.2. The number of halogens is 1. The number of ether oxygens (including phenoxy) is 1. The normalized spacial score (nSPS) is 16.3. The Labute approximate surface area is 158 Å². The van der Waals surface area contributed by atoms with Gasteiger partial charge in [0.05, 0.1) is 11.5 Å². The van der Waals surface area contributed by atoms with E-state index in [0.29, 0.717) is 6.61 Å². The van der Waals surface area contributed by atoms with Crippen molar-refractivity contribution >= 4 is 28.1 Å². The number of hydrogen-bond donors (Lipinski definition) is 2. The van der Waals surface area contributed by atoms with Gasteiger partial charge >= 0.3 is 0 Å². The minimum Gasteiger partial charge on any atom is -0.384 e. The Morgan fingerprint density at radius 2 is 2.08 bits per heavy atom. The van der Waals surface area contributed by atoms with Gasteiger partial charge in [-0.15, -0.1) is 12.4 Å². The van der Waals surface area contributed by atoms with Crippen LogP contribution in [0.5, 0.6) is 0 Å². The van der Waals surface area contributed by atoms with Crippen LogP contribution in [0, 0.1) is 26.9 Å². The molecule has 0 spiro atoms. The number of nitrogens with zero attached hydrogens (tertiary/aromatic N) is 2. The van der Waals surface area contributed by atoms with Crippen molar-refractivity contribution in [2.24, 2.45) is 5.41 Å². The highest BCUT2D eigenvalue weighted by molar-refractivity contribution is 7.89. The minimum absolute atomic E-state index is 0. The van der Waals surface area contributed by atoms with E-state index in [1.54, 1.807) is 13.2 Å². The van der Waals surface area contributed by atoms with Crippen molar-refractivity contribution in [3.8, 4) is 6.07 Å². The molecule has 1 aromatic rings. The zero-order valence-corrected chi connectivity index (χ0v) is 15.9. The van der Waals surface area contributed by atoms with Gasteiger partial charge in [0.15, 0.2) is 0 Å². The number of hydrogen-bond acceptors (Lipinski definition) is 7. The van der Waals surface area contributed by atoms with Gasteiger partial charge in [0.25, 0.3) is 5.69 Å². The fraction of sp³-hybridized carbons (Fsp3) is 0.533. The molecule has 1 heterocycles. The summed E-state index contributed by atoms with van der Waals surface area (Å²) in [5.41, 5.74) is -1.34. The fourth-order valence-corrected chi connectivity index (χ4v) is 4.30. The van der Waals surface area contributed by atoms with Crippen molar-refractivity contribution in [2.75, 3.05) is 33.4 Å². The van der Waals surface area contributed by atoms with Crippen LogP contribution in [-0.2, 0) is 14.8 Å². The lowest BCUT2D eigenvalue weighted by atomic mass is 9.80. The third-order valence-electron chi connectivity index (χ3n) is 4.35. The highest BCUT2D eigenvalue weighted by Crippen LogP contribution is 2.30. The molecule has 144 valence electrons. The predicted molar refractivity (Wildman–Crippen MR) is 96.7 cm³/mol. The van der Waals surface area contributed by atoms with Crippen LogP contribution in [0.15, 0.2) is 23.1 Å². The monoisotopic (exact) mass is 404 g/mol. The minimum atomic E-state index is -4.07. The van der Waals surface area contributed by atoms with E-state index < -0.39 is 26.2 Å². The second-order valence-corrected chi connectivity index (χ2v) is 7.76. The average Bonchev–Trinajstić information content (AvgIpc) is 2.60. The van der Waals surface area contributed by atoms with E-state index in [0.717, 1.165) is 32.0 Å². The predicted octanol–water partition coefficient (Wildman–Crippen LogP) is 1.18. The number of nitro benzene ring substituents is 1. The van der Waals surface area contributed by atoms with Crippen LogP contribution in [0.1, 0.15) is 18.4 Å². The first-order chi connectivity index (χ1) is 11.9. The quantitative estimate of drug-likeness (QED) is 0.514. The van der Waals surface area contributed by atoms with Crippen molar-refractivity contribution < 1.29 is 18.1 Å². The molecule has 0 saturated carbocycles. The van der Waals surface area contributed by atoms with Gasteiger partial charge in [0.2, 0.25) is 10.0 Å². The van der Waals surface area contributed by atoms with Gasteiger partial charge in [0, 0.05) is 25.1 Å². The van der Waals surface area contributed by atoms with Crippen molar-refractivity contribution in [3.05, 3.63) is 33.9 Å². The molecule has 26 heavy (non-hydrogen) atoms. The van der Waals surface area contributed by atoms with E-state index in [1.165, 1.54) is 12.1 Å². The zero-order chi connectivity index (χ0) is 18.5. The molecule has 1 aliphatic rings. The summed E-state index contributed by atoms with van der Waals surface area (Å²) in [6, 6.07) is 5.18. The molecule has 9 nitrogen and oxygen atoms in total. The van der Waals surface area contributed by atoms with Crippen LogP contribution < -0.4 is 10.0 Å². The highest BCUT2D eigenvalue weighted by Gasteiger charge is 2.34. The third kappa shape index (κ3) is 4.90. The lowest BCUT2D eigenvalue weighted by Crippen LogP contribution is -2.47. The first kappa shape index (κ1) is 22.3. The summed E-state index contributed by atoms with van der Waals surface area (Å²) in [7, 11) is -2.51. The third-order valence-corrected chi connectivity index (χ3v) is 5.80. The van der Waals surface area contributed by atoms with E-state index in [4.69, 9.17) is 4.74 Å². The molecule has 0 amide bonds. The first-order valence-corrected chi connectivity index (χ1v) is 9.20. The molecular formula is C15H21ClN4O5S. The number of nitrogens with one attached hydrogen (secondary N) is 2. The number of methoxy groups -OCH3 is 1. The van der Waals surface area contributed by atoms with Gasteiger partial charge in [-0.3, -0.25) is 10.1 Å². The molecule has 1 fully saturated rings. The lowest BCUT2D eigenvalue weighted by molar-refractivity contribution is -0.385. The highest BCUT2D eigenvalue weighted by atomic mass is 35.5. The number of nitro groups is 1. The Morgan fingerprint density at radius 3 is 2.62 bits per heavy atom. The van der Waals surface area contributed by atoms with Crippen LogP contribution in [0.3, 0.4) is 0 Å². The molecule has 0 aromatic heterocycles. The van der Waals surface area contributed by atoms with Crippen molar-refractivity contribution in [1.82, 2.24) is 10.0 Å². The molecular weight excluding hydrogens is 384 g/mol. The molecule has 11 heteroatoms. The summed E-state index contributed by atoms with van der Waals surface area (Å²) in [6.07, 6.45) is 1.48. The van der Waals surface area contributed by atoms with Crippen LogP contribution in [0.2, 0.25) is 0 Å². The summed E-state index contributed by atoms with van der Waals surface area (Å²) in [6.45, 7) is 2.05. The maximum atomic E-state index is 12.6. The Bertz CT molecular complexity index is 782. The summed E-state index contributed by atoms with van der Waals surface area (Å²) in [5, 5.41) is 23.4. The maximum Gasteiger partial charge on any atom is 0.288 e. The second-order valence-electron chi connectivity index (χ2n) is 6.03. The maximum absolute atomic E-state index is 12.6. The van der Waals surface area contributed by atoms with E-state index in [9.17, 15) is 23.8 Å². The largest absolute Gasteiger partial charge is 0.384 e. The number of benzene rings is 1. The van der Waals surface area contributed by atoms with Gasteiger partial charge in [-0.05, 0) is 32.0 Å². The molecule has 0 radical (unpaired) electrons.